The number of hydrogen-bond donors (Lipinski definition) is 2. The summed E-state index contributed by atoms with van der Waals surface area (Å²) >= 11 is 0. The first-order valence-corrected chi connectivity index (χ1v) is 12.1. The van der Waals surface area contributed by atoms with E-state index in [9.17, 15) is 18.0 Å². The number of ether oxygens (including phenoxy) is 1. The zero-order valence-electron chi connectivity index (χ0n) is 18.4. The topological polar surface area (TPSA) is 108 Å². The highest BCUT2D eigenvalue weighted by molar-refractivity contribution is 7.89. The standard InChI is InChI=1S/C21H34N4O5S/c1-24(16-20(26)22-12-7-15-30-2)17-21(27)23-18-8-10-19(11-9-18)31(28,29)25-13-5-3-4-6-14-25/h8-11H,3-7,12-17H2,1-2H3,(H,22,26)(H,23,27). The second-order valence-corrected chi connectivity index (χ2v) is 9.70. The van der Waals surface area contributed by atoms with Crippen LogP contribution in [-0.4, -0.2) is 82.9 Å². The van der Waals surface area contributed by atoms with Gasteiger partial charge in [0, 0.05) is 39.0 Å². The van der Waals surface area contributed by atoms with Gasteiger partial charge in [0.15, 0.2) is 0 Å². The first kappa shape index (κ1) is 25.3. The van der Waals surface area contributed by atoms with Crippen molar-refractivity contribution in [2.45, 2.75) is 37.0 Å². The van der Waals surface area contributed by atoms with E-state index in [0.29, 0.717) is 31.9 Å². The van der Waals surface area contributed by atoms with Crippen LogP contribution in [0.5, 0.6) is 0 Å². The molecule has 1 aromatic carbocycles. The number of benzene rings is 1. The first-order valence-electron chi connectivity index (χ1n) is 10.7. The number of methoxy groups -OCH3 is 1. The SMILES string of the molecule is COCCCNC(=O)CN(C)CC(=O)Nc1ccc(S(=O)(=O)N2CCCCCC2)cc1. The Morgan fingerprint density at radius 3 is 2.26 bits per heavy atom. The molecule has 2 amide bonds. The van der Waals surface area contributed by atoms with Crippen LogP contribution in [0.4, 0.5) is 5.69 Å². The predicted octanol–water partition coefficient (Wildman–Crippen LogP) is 1.27. The maximum absolute atomic E-state index is 12.8. The van der Waals surface area contributed by atoms with Gasteiger partial charge in [-0.1, -0.05) is 12.8 Å². The molecule has 1 heterocycles. The van der Waals surface area contributed by atoms with E-state index < -0.39 is 10.0 Å². The van der Waals surface area contributed by atoms with Gasteiger partial charge >= 0.3 is 0 Å². The van der Waals surface area contributed by atoms with Crippen LogP contribution in [0.1, 0.15) is 32.1 Å². The number of nitrogens with zero attached hydrogens (tertiary/aromatic N) is 2. The lowest BCUT2D eigenvalue weighted by molar-refractivity contribution is -0.123. The van der Waals surface area contributed by atoms with E-state index in [4.69, 9.17) is 4.74 Å². The molecule has 0 unspecified atom stereocenters. The second-order valence-electron chi connectivity index (χ2n) is 7.76. The summed E-state index contributed by atoms with van der Waals surface area (Å²) in [4.78, 5) is 25.9. The minimum atomic E-state index is -3.51. The molecular weight excluding hydrogens is 420 g/mol. The molecule has 31 heavy (non-hydrogen) atoms. The summed E-state index contributed by atoms with van der Waals surface area (Å²) < 4.78 is 32.1. The molecule has 0 atom stereocenters. The van der Waals surface area contributed by atoms with Gasteiger partial charge < -0.3 is 15.4 Å². The number of sulfonamides is 1. The molecule has 1 aliphatic rings. The van der Waals surface area contributed by atoms with Gasteiger partial charge in [-0.3, -0.25) is 14.5 Å². The summed E-state index contributed by atoms with van der Waals surface area (Å²) in [6.07, 6.45) is 4.61. The number of amides is 2. The van der Waals surface area contributed by atoms with Crippen molar-refractivity contribution >= 4 is 27.5 Å². The number of carbonyl (C=O) groups is 2. The number of hydrogen-bond acceptors (Lipinski definition) is 6. The first-order chi connectivity index (χ1) is 14.8. The smallest absolute Gasteiger partial charge is 0.243 e. The monoisotopic (exact) mass is 454 g/mol. The third kappa shape index (κ3) is 8.56. The Labute approximate surface area is 185 Å². The van der Waals surface area contributed by atoms with Crippen LogP contribution in [0.2, 0.25) is 0 Å². The van der Waals surface area contributed by atoms with E-state index >= 15 is 0 Å². The van der Waals surface area contributed by atoms with Crippen molar-refractivity contribution in [3.05, 3.63) is 24.3 Å². The fraction of sp³-hybridized carbons (Fsp3) is 0.619. The molecule has 1 aromatic rings. The van der Waals surface area contributed by atoms with Gasteiger partial charge in [-0.25, -0.2) is 8.42 Å². The summed E-state index contributed by atoms with van der Waals surface area (Å²) in [5.41, 5.74) is 0.511. The van der Waals surface area contributed by atoms with Crippen LogP contribution in [-0.2, 0) is 24.3 Å². The van der Waals surface area contributed by atoms with Crippen LogP contribution < -0.4 is 10.6 Å². The molecule has 0 bridgehead atoms. The summed E-state index contributed by atoms with van der Waals surface area (Å²) in [7, 11) is -0.221. The lowest BCUT2D eigenvalue weighted by atomic mass is 10.2. The van der Waals surface area contributed by atoms with Gasteiger partial charge in [0.2, 0.25) is 21.8 Å². The Morgan fingerprint density at radius 2 is 1.65 bits per heavy atom. The van der Waals surface area contributed by atoms with Crippen LogP contribution >= 0.6 is 0 Å². The molecule has 2 rings (SSSR count). The molecule has 1 aliphatic heterocycles. The highest BCUT2D eigenvalue weighted by atomic mass is 32.2. The second kappa shape index (κ2) is 12.7. The molecular formula is C21H34N4O5S. The van der Waals surface area contributed by atoms with Crippen molar-refractivity contribution in [2.24, 2.45) is 0 Å². The Balaban J connectivity index is 1.82. The average Bonchev–Trinajstić information content (AvgIpc) is 3.01. The number of likely N-dealkylation sites (N-methyl/N-ethyl adjacent to an activating group) is 1. The molecule has 0 aliphatic carbocycles. The zero-order chi connectivity index (χ0) is 22.7. The quantitative estimate of drug-likeness (QED) is 0.488. The summed E-state index contributed by atoms with van der Waals surface area (Å²) in [6, 6.07) is 6.22. The Kier molecular flexibility index (Phi) is 10.4. The van der Waals surface area contributed by atoms with Gasteiger partial charge in [-0.15, -0.1) is 0 Å². The van der Waals surface area contributed by atoms with Gasteiger partial charge in [-0.2, -0.15) is 4.31 Å². The van der Waals surface area contributed by atoms with Crippen LogP contribution in [0.15, 0.2) is 29.2 Å². The fourth-order valence-electron chi connectivity index (χ4n) is 3.39. The molecule has 1 saturated heterocycles. The van der Waals surface area contributed by atoms with Crippen LogP contribution in [0.25, 0.3) is 0 Å². The summed E-state index contributed by atoms with van der Waals surface area (Å²) in [5.74, 6) is -0.438. The molecule has 0 spiro atoms. The lowest BCUT2D eigenvalue weighted by Crippen LogP contribution is -2.39. The zero-order valence-corrected chi connectivity index (χ0v) is 19.2. The van der Waals surface area contributed by atoms with Crippen LogP contribution in [0.3, 0.4) is 0 Å². The van der Waals surface area contributed by atoms with E-state index in [0.717, 1.165) is 32.1 Å². The fourth-order valence-corrected chi connectivity index (χ4v) is 4.91. The van der Waals surface area contributed by atoms with E-state index in [1.807, 2.05) is 0 Å². The van der Waals surface area contributed by atoms with E-state index in [2.05, 4.69) is 10.6 Å². The van der Waals surface area contributed by atoms with Crippen molar-refractivity contribution < 1.29 is 22.7 Å². The van der Waals surface area contributed by atoms with Gasteiger partial charge in [0.1, 0.15) is 0 Å². The predicted molar refractivity (Wildman–Crippen MR) is 119 cm³/mol. The Morgan fingerprint density at radius 1 is 1.03 bits per heavy atom. The molecule has 0 aromatic heterocycles. The molecule has 2 N–H and O–H groups in total. The third-order valence-corrected chi connectivity index (χ3v) is 6.93. The maximum Gasteiger partial charge on any atom is 0.243 e. The number of rotatable bonds is 11. The van der Waals surface area contributed by atoms with Gasteiger partial charge in [-0.05, 0) is 50.6 Å². The maximum atomic E-state index is 12.8. The Bertz CT molecular complexity index is 806. The normalized spacial score (nSPS) is 15.5. The molecule has 0 saturated carbocycles. The van der Waals surface area contributed by atoms with E-state index in [1.165, 1.54) is 12.1 Å². The van der Waals surface area contributed by atoms with Crippen molar-refractivity contribution in [1.82, 2.24) is 14.5 Å². The van der Waals surface area contributed by atoms with Crippen molar-refractivity contribution in [1.29, 1.82) is 0 Å². The average molecular weight is 455 g/mol. The largest absolute Gasteiger partial charge is 0.385 e. The van der Waals surface area contributed by atoms with E-state index in [-0.39, 0.29) is 29.8 Å². The minimum absolute atomic E-state index is 0.0410. The molecule has 10 heteroatoms. The number of anilines is 1. The van der Waals surface area contributed by atoms with Gasteiger partial charge in [0.05, 0.1) is 18.0 Å². The minimum Gasteiger partial charge on any atom is -0.385 e. The lowest BCUT2D eigenvalue weighted by Gasteiger charge is -2.20. The van der Waals surface area contributed by atoms with Crippen molar-refractivity contribution in [3.8, 4) is 0 Å². The summed E-state index contributed by atoms with van der Waals surface area (Å²) in [6.45, 7) is 2.35. The van der Waals surface area contributed by atoms with Gasteiger partial charge in [0.25, 0.3) is 0 Å². The number of carbonyl (C=O) groups excluding carboxylic acids is 2. The number of nitrogens with one attached hydrogen (secondary N) is 2. The molecule has 174 valence electrons. The molecule has 0 radical (unpaired) electrons. The Hall–Kier alpha value is -2.01. The molecule has 9 nitrogen and oxygen atoms in total. The van der Waals surface area contributed by atoms with Crippen molar-refractivity contribution in [2.75, 3.05) is 58.8 Å². The van der Waals surface area contributed by atoms with Crippen LogP contribution in [0, 0.1) is 0 Å². The highest BCUT2D eigenvalue weighted by Crippen LogP contribution is 2.21. The van der Waals surface area contributed by atoms with E-state index in [1.54, 1.807) is 35.5 Å². The van der Waals surface area contributed by atoms with Crippen molar-refractivity contribution in [3.63, 3.8) is 0 Å². The highest BCUT2D eigenvalue weighted by Gasteiger charge is 2.25. The molecule has 1 fully saturated rings. The summed E-state index contributed by atoms with van der Waals surface area (Å²) in [5, 5.41) is 5.51. The third-order valence-electron chi connectivity index (χ3n) is 5.02.